The summed E-state index contributed by atoms with van der Waals surface area (Å²) >= 11 is 0. The lowest BCUT2D eigenvalue weighted by Gasteiger charge is -2.41. The number of rotatable bonds is 7. The Bertz CT molecular complexity index is 1110. The summed E-state index contributed by atoms with van der Waals surface area (Å²) in [5, 5.41) is 172. The van der Waals surface area contributed by atoms with Crippen molar-refractivity contribution in [3.05, 3.63) is 0 Å². The molecule has 348 valence electrons. The molecule has 12 unspecified atom stereocenters. The molecule has 0 aromatic heterocycles. The molecule has 5 aliphatic rings. The van der Waals surface area contributed by atoms with Crippen LogP contribution in [0.3, 0.4) is 0 Å². The molecule has 24 heteroatoms. The van der Waals surface area contributed by atoms with E-state index in [0.717, 1.165) is 0 Å². The van der Waals surface area contributed by atoms with E-state index in [1.54, 1.807) is 20.8 Å². The second kappa shape index (κ2) is 24.6. The molecular formula is C34H68O24. The Morgan fingerprint density at radius 2 is 0.879 bits per heavy atom. The van der Waals surface area contributed by atoms with Gasteiger partial charge < -0.3 is 121 Å². The van der Waals surface area contributed by atoms with Gasteiger partial charge in [-0.25, -0.2) is 0 Å². The van der Waals surface area contributed by atoms with E-state index in [1.165, 1.54) is 13.8 Å². The zero-order valence-corrected chi connectivity index (χ0v) is 33.0. The van der Waals surface area contributed by atoms with Gasteiger partial charge in [-0.05, 0) is 34.6 Å². The van der Waals surface area contributed by atoms with Crippen molar-refractivity contribution in [1.29, 1.82) is 0 Å². The van der Waals surface area contributed by atoms with Crippen LogP contribution in [0.2, 0.25) is 0 Å². The minimum atomic E-state index is -1.26. The molecule has 22 atom stereocenters. The quantitative estimate of drug-likeness (QED) is 0.113. The zero-order valence-electron chi connectivity index (χ0n) is 33.0. The van der Waals surface area contributed by atoms with Gasteiger partial charge in [-0.1, -0.05) is 0 Å². The summed E-state index contributed by atoms with van der Waals surface area (Å²) in [6.45, 7) is 5.47. The SMILES string of the molecule is CC1O[C@H](C(O)CO)C(O)C1O.CC1O[C@H](CO)C(O)C1O.C[C@H]1OC(CO)[C@@H](O)[C@H](O)C1O.C[C@]1(CO)OC[C@@H](O)[C@H](O)C1O.C[C@]1(CO)O[C@H](CO)C(O)C1O. The van der Waals surface area contributed by atoms with E-state index >= 15 is 0 Å². The van der Waals surface area contributed by atoms with Crippen molar-refractivity contribution < 1.29 is 121 Å². The second-order valence-corrected chi connectivity index (χ2v) is 15.1. The van der Waals surface area contributed by atoms with Crippen molar-refractivity contribution in [2.24, 2.45) is 0 Å². The first-order valence-corrected chi connectivity index (χ1v) is 18.7. The van der Waals surface area contributed by atoms with Gasteiger partial charge in [-0.2, -0.15) is 0 Å². The molecule has 0 saturated carbocycles. The summed E-state index contributed by atoms with van der Waals surface area (Å²) in [6.07, 6.45) is -19.1. The Labute approximate surface area is 334 Å². The van der Waals surface area contributed by atoms with Gasteiger partial charge in [-0.3, -0.25) is 0 Å². The monoisotopic (exact) mass is 860 g/mol. The Morgan fingerprint density at radius 3 is 1.21 bits per heavy atom. The molecule has 0 radical (unpaired) electrons. The molecule has 0 amide bonds. The van der Waals surface area contributed by atoms with Gasteiger partial charge in [0.25, 0.3) is 0 Å². The lowest BCUT2D eigenvalue weighted by molar-refractivity contribution is -0.239. The summed E-state index contributed by atoms with van der Waals surface area (Å²) < 4.78 is 25.1. The van der Waals surface area contributed by atoms with Crippen LogP contribution < -0.4 is 0 Å². The third-order valence-corrected chi connectivity index (χ3v) is 10.5. The average molecular weight is 861 g/mol. The maximum Gasteiger partial charge on any atom is 0.117 e. The van der Waals surface area contributed by atoms with Gasteiger partial charge in [0.1, 0.15) is 115 Å². The Hall–Kier alpha value is -0.960. The number of aliphatic hydroxyl groups excluding tert-OH is 19. The van der Waals surface area contributed by atoms with Gasteiger partial charge in [0.15, 0.2) is 0 Å². The fourth-order valence-corrected chi connectivity index (χ4v) is 6.17. The van der Waals surface area contributed by atoms with Crippen LogP contribution in [0.4, 0.5) is 0 Å². The van der Waals surface area contributed by atoms with Crippen molar-refractivity contribution >= 4 is 0 Å². The van der Waals surface area contributed by atoms with E-state index in [1.807, 2.05) is 0 Å². The van der Waals surface area contributed by atoms with E-state index in [0.29, 0.717) is 0 Å². The highest BCUT2D eigenvalue weighted by Crippen LogP contribution is 2.30. The van der Waals surface area contributed by atoms with Crippen molar-refractivity contribution in [1.82, 2.24) is 0 Å². The summed E-state index contributed by atoms with van der Waals surface area (Å²) in [6, 6.07) is 0. The first-order chi connectivity index (χ1) is 26.9. The zero-order chi connectivity index (χ0) is 45.0. The standard InChI is InChI=1S/4C7H14O5.C6H12O4/c1-7(3-8)6(11)5(10)4(9)2-12-7;1-7(3-9)6(11)5(10)4(2-8)12-7;1-3-5(10)6(11)7(12-3)4(9)2-8;1-3-5(9)7(11)6(10)4(2-8)12-3;1-3-5(8)6(9)4(2-7)10-3/h2*4-6,8-11H,2-3H2,1H3;2*3-11H,2H2,1H3;3-9H,2H2,1H3/t4-,5+,6?,7-;4-,5?,6?,7-;3?,4?,5?,6?,7-;3-,4?,5?,6-,7-;3?,4-,5?,6?/m11111/s1. The summed E-state index contributed by atoms with van der Waals surface area (Å²) in [7, 11) is 0. The van der Waals surface area contributed by atoms with Crippen LogP contribution in [0, 0.1) is 0 Å². The lowest BCUT2D eigenvalue weighted by Crippen LogP contribution is -2.60. The fraction of sp³-hybridized carbons (Fsp3) is 1.00. The minimum absolute atomic E-state index is 0.0741. The van der Waals surface area contributed by atoms with Crippen LogP contribution in [-0.2, 0) is 23.7 Å². The van der Waals surface area contributed by atoms with Gasteiger partial charge in [0.2, 0.25) is 0 Å². The van der Waals surface area contributed by atoms with Crippen LogP contribution in [0.15, 0.2) is 0 Å². The highest BCUT2D eigenvalue weighted by atomic mass is 16.6. The van der Waals surface area contributed by atoms with Crippen LogP contribution in [0.1, 0.15) is 34.6 Å². The third kappa shape index (κ3) is 13.8. The second-order valence-electron chi connectivity index (χ2n) is 15.1. The molecule has 5 heterocycles. The van der Waals surface area contributed by atoms with E-state index in [4.69, 9.17) is 74.7 Å². The molecule has 0 aromatic carbocycles. The predicted octanol–water partition coefficient (Wildman–Crippen LogP) is -10.1. The fourth-order valence-electron chi connectivity index (χ4n) is 6.17. The maximum atomic E-state index is 9.37. The highest BCUT2D eigenvalue weighted by molar-refractivity contribution is 4.99. The first kappa shape index (κ1) is 55.1. The van der Waals surface area contributed by atoms with Crippen molar-refractivity contribution in [3.63, 3.8) is 0 Å². The first-order valence-electron chi connectivity index (χ1n) is 18.7. The van der Waals surface area contributed by atoms with Crippen molar-refractivity contribution in [3.8, 4) is 0 Å². The van der Waals surface area contributed by atoms with Gasteiger partial charge >= 0.3 is 0 Å². The molecule has 19 N–H and O–H groups in total. The van der Waals surface area contributed by atoms with Gasteiger partial charge in [0, 0.05) is 0 Å². The molecule has 5 rings (SSSR count). The number of aliphatic hydroxyl groups is 19. The van der Waals surface area contributed by atoms with E-state index < -0.39 is 140 Å². The number of hydrogen-bond acceptors (Lipinski definition) is 24. The number of ether oxygens (including phenoxy) is 5. The molecule has 0 aromatic rings. The number of hydrogen-bond donors (Lipinski definition) is 19. The van der Waals surface area contributed by atoms with Gasteiger partial charge in [-0.15, -0.1) is 0 Å². The Kier molecular flexibility index (Phi) is 23.4. The summed E-state index contributed by atoms with van der Waals surface area (Å²) in [4.78, 5) is 0. The summed E-state index contributed by atoms with van der Waals surface area (Å²) in [5.41, 5.74) is -2.33. The van der Waals surface area contributed by atoms with Crippen molar-refractivity contribution in [2.75, 3.05) is 46.2 Å². The molecule has 5 aliphatic heterocycles. The van der Waals surface area contributed by atoms with Crippen LogP contribution >= 0.6 is 0 Å². The molecule has 24 nitrogen and oxygen atoms in total. The maximum absolute atomic E-state index is 9.37. The van der Waals surface area contributed by atoms with Crippen molar-refractivity contribution in [2.45, 2.75) is 168 Å². The van der Waals surface area contributed by atoms with E-state index in [9.17, 15) is 46.0 Å². The highest BCUT2D eigenvalue weighted by Gasteiger charge is 2.51. The topological polar surface area (TPSA) is 431 Å². The lowest BCUT2D eigenvalue weighted by atomic mass is 9.90. The molecule has 0 aliphatic carbocycles. The molecule has 58 heavy (non-hydrogen) atoms. The molecule has 0 spiro atoms. The molecule has 0 bridgehead atoms. The van der Waals surface area contributed by atoms with E-state index in [2.05, 4.69) is 0 Å². The van der Waals surface area contributed by atoms with Crippen LogP contribution in [-0.4, -0.2) is 277 Å². The Balaban J connectivity index is 0.000000363. The largest absolute Gasteiger partial charge is 0.394 e. The molecular weight excluding hydrogens is 792 g/mol. The van der Waals surface area contributed by atoms with E-state index in [-0.39, 0.29) is 39.1 Å². The van der Waals surface area contributed by atoms with Crippen LogP contribution in [0.25, 0.3) is 0 Å². The van der Waals surface area contributed by atoms with Crippen LogP contribution in [0.5, 0.6) is 0 Å². The molecule has 5 fully saturated rings. The third-order valence-electron chi connectivity index (χ3n) is 10.5. The minimum Gasteiger partial charge on any atom is -0.394 e. The smallest absolute Gasteiger partial charge is 0.117 e. The predicted molar refractivity (Wildman–Crippen MR) is 191 cm³/mol. The van der Waals surface area contributed by atoms with Gasteiger partial charge in [0.05, 0.1) is 64.6 Å². The summed E-state index contributed by atoms with van der Waals surface area (Å²) in [5.74, 6) is 0. The average Bonchev–Trinajstić information content (AvgIpc) is 3.73. The Morgan fingerprint density at radius 1 is 0.483 bits per heavy atom. The normalized spacial score (nSPS) is 47.9. The molecule has 5 saturated heterocycles.